The van der Waals surface area contributed by atoms with Crippen molar-refractivity contribution in [2.24, 2.45) is 0 Å². The van der Waals surface area contributed by atoms with Crippen LogP contribution >= 0.6 is 0 Å². The van der Waals surface area contributed by atoms with Gasteiger partial charge in [0, 0.05) is 12.1 Å². The van der Waals surface area contributed by atoms with Crippen LogP contribution < -0.4 is 0 Å². The Morgan fingerprint density at radius 1 is 0.833 bits per heavy atom. The highest BCUT2D eigenvalue weighted by Gasteiger charge is 2.34. The van der Waals surface area contributed by atoms with E-state index in [1.54, 1.807) is 24.3 Å². The molecule has 1 aliphatic heterocycles. The van der Waals surface area contributed by atoms with Gasteiger partial charge < -0.3 is 0 Å². The molecular weight excluding hydrogens is 370 g/mol. The minimum atomic E-state index is -0.195. The number of nitrogens with zero attached hydrogens (tertiary/aromatic N) is 1. The third-order valence-corrected chi connectivity index (χ3v) is 5.25. The molecule has 0 radical (unpaired) electrons. The molecule has 146 valence electrons. The molecule has 3 heteroatoms. The van der Waals surface area contributed by atoms with Crippen molar-refractivity contribution >= 4 is 24.0 Å². The molecule has 0 aliphatic carbocycles. The largest absolute Gasteiger partial charge is 0.274 e. The maximum Gasteiger partial charge on any atom is 0.261 e. The number of aryl methyl sites for hydroxylation is 1. The number of rotatable bonds is 6. The highest BCUT2D eigenvalue weighted by atomic mass is 16.2. The van der Waals surface area contributed by atoms with Gasteiger partial charge in [-0.2, -0.15) is 0 Å². The second-order valence-electron chi connectivity index (χ2n) is 7.22. The zero-order valence-electron chi connectivity index (χ0n) is 16.5. The summed E-state index contributed by atoms with van der Waals surface area (Å²) in [5.41, 5.74) is 5.13. The van der Waals surface area contributed by atoms with E-state index in [-0.39, 0.29) is 11.8 Å². The smallest absolute Gasteiger partial charge is 0.261 e. The van der Waals surface area contributed by atoms with E-state index in [9.17, 15) is 9.59 Å². The predicted octanol–water partition coefficient (Wildman–Crippen LogP) is 5.07. The van der Waals surface area contributed by atoms with Crippen molar-refractivity contribution in [3.05, 3.63) is 106 Å². The molecule has 0 saturated carbocycles. The predicted molar refractivity (Wildman–Crippen MR) is 120 cm³/mol. The Morgan fingerprint density at radius 3 is 2.27 bits per heavy atom. The number of carbonyl (C=O) groups is 2. The lowest BCUT2D eigenvalue weighted by Gasteiger charge is -2.13. The first-order valence-electron chi connectivity index (χ1n) is 9.95. The van der Waals surface area contributed by atoms with Gasteiger partial charge in [0.05, 0.1) is 11.1 Å². The Morgan fingerprint density at radius 2 is 1.53 bits per heavy atom. The molecule has 0 bridgehead atoms. The maximum absolute atomic E-state index is 12.5. The molecule has 1 aliphatic rings. The average Bonchev–Trinajstić information content (AvgIpc) is 3.03. The van der Waals surface area contributed by atoms with Crippen LogP contribution in [0.2, 0.25) is 0 Å². The van der Waals surface area contributed by atoms with Crippen molar-refractivity contribution in [2.75, 3.05) is 6.54 Å². The Balaban J connectivity index is 1.39. The molecule has 2 amide bonds. The van der Waals surface area contributed by atoms with Crippen molar-refractivity contribution in [3.8, 4) is 12.3 Å². The Hall–Kier alpha value is -3.90. The van der Waals surface area contributed by atoms with E-state index in [4.69, 9.17) is 6.42 Å². The first kappa shape index (κ1) is 19.4. The molecule has 0 aromatic heterocycles. The van der Waals surface area contributed by atoms with E-state index in [2.05, 4.69) is 18.1 Å². The van der Waals surface area contributed by atoms with E-state index in [1.807, 2.05) is 48.6 Å². The molecule has 30 heavy (non-hydrogen) atoms. The molecule has 0 fully saturated rings. The highest BCUT2D eigenvalue weighted by molar-refractivity contribution is 6.21. The molecule has 3 aromatic rings. The minimum absolute atomic E-state index is 0.195. The first-order valence-corrected chi connectivity index (χ1v) is 9.95. The maximum atomic E-state index is 12.5. The van der Waals surface area contributed by atoms with Crippen LogP contribution in [0.25, 0.3) is 12.2 Å². The summed E-state index contributed by atoms with van der Waals surface area (Å²) in [6.07, 6.45) is 11.1. The Labute approximate surface area is 176 Å². The summed E-state index contributed by atoms with van der Waals surface area (Å²) in [5, 5.41) is 0. The monoisotopic (exact) mass is 391 g/mol. The van der Waals surface area contributed by atoms with Crippen LogP contribution in [0.3, 0.4) is 0 Å². The van der Waals surface area contributed by atoms with E-state index < -0.39 is 0 Å². The molecular formula is C27H21NO2. The van der Waals surface area contributed by atoms with E-state index in [0.717, 1.165) is 29.5 Å². The molecule has 0 saturated heterocycles. The topological polar surface area (TPSA) is 37.4 Å². The van der Waals surface area contributed by atoms with Gasteiger partial charge >= 0.3 is 0 Å². The Kier molecular flexibility index (Phi) is 5.59. The second-order valence-corrected chi connectivity index (χ2v) is 7.22. The van der Waals surface area contributed by atoms with Gasteiger partial charge in [0.2, 0.25) is 0 Å². The van der Waals surface area contributed by atoms with Crippen molar-refractivity contribution < 1.29 is 9.59 Å². The standard InChI is InChI=1S/C27H21NO2/c1-2-22-12-3-4-13-23(22)17-16-21-10-7-9-20(19-21)11-8-18-28-26(29)24-14-5-6-15-25(24)27(28)30/h1,3-7,9-10,12-17,19H,8,11,18H2. The normalized spacial score (nSPS) is 13.0. The zero-order chi connectivity index (χ0) is 20.9. The van der Waals surface area contributed by atoms with Crippen LogP contribution in [-0.2, 0) is 6.42 Å². The molecule has 1 heterocycles. The number of hydrogen-bond acceptors (Lipinski definition) is 2. The number of benzene rings is 3. The average molecular weight is 391 g/mol. The van der Waals surface area contributed by atoms with Crippen molar-refractivity contribution in [2.45, 2.75) is 12.8 Å². The van der Waals surface area contributed by atoms with Gasteiger partial charge in [-0.1, -0.05) is 72.7 Å². The fraction of sp³-hybridized carbons (Fsp3) is 0.111. The summed E-state index contributed by atoms with van der Waals surface area (Å²) in [5.74, 6) is 2.31. The number of hydrogen-bond donors (Lipinski definition) is 0. The first-order chi connectivity index (χ1) is 14.7. The molecule has 0 unspecified atom stereocenters. The van der Waals surface area contributed by atoms with Crippen molar-refractivity contribution in [3.63, 3.8) is 0 Å². The van der Waals surface area contributed by atoms with Crippen molar-refractivity contribution in [1.82, 2.24) is 4.90 Å². The van der Waals surface area contributed by atoms with E-state index >= 15 is 0 Å². The summed E-state index contributed by atoms with van der Waals surface area (Å²) in [6.45, 7) is 0.419. The van der Waals surface area contributed by atoms with Crippen LogP contribution in [0.5, 0.6) is 0 Å². The summed E-state index contributed by atoms with van der Waals surface area (Å²) in [7, 11) is 0. The fourth-order valence-electron chi connectivity index (χ4n) is 3.70. The van der Waals surface area contributed by atoms with Gasteiger partial charge in [0.15, 0.2) is 0 Å². The van der Waals surface area contributed by atoms with Gasteiger partial charge in [-0.15, -0.1) is 6.42 Å². The summed E-state index contributed by atoms with van der Waals surface area (Å²) in [4.78, 5) is 26.3. The van der Waals surface area contributed by atoms with Gasteiger partial charge in [-0.05, 0) is 47.7 Å². The summed E-state index contributed by atoms with van der Waals surface area (Å²) >= 11 is 0. The van der Waals surface area contributed by atoms with Crippen molar-refractivity contribution in [1.29, 1.82) is 0 Å². The van der Waals surface area contributed by atoms with Crippen LogP contribution in [0, 0.1) is 12.3 Å². The third kappa shape index (κ3) is 3.94. The van der Waals surface area contributed by atoms with Crippen LogP contribution in [-0.4, -0.2) is 23.3 Å². The molecule has 3 aromatic carbocycles. The molecule has 3 nitrogen and oxygen atoms in total. The number of terminal acetylenes is 1. The summed E-state index contributed by atoms with van der Waals surface area (Å²) in [6, 6.07) is 23.1. The number of imide groups is 1. The van der Waals surface area contributed by atoms with Gasteiger partial charge in [0.1, 0.15) is 0 Å². The molecule has 0 atom stereocenters. The molecule has 0 N–H and O–H groups in total. The summed E-state index contributed by atoms with van der Waals surface area (Å²) < 4.78 is 0. The third-order valence-electron chi connectivity index (χ3n) is 5.25. The molecule has 0 spiro atoms. The van der Waals surface area contributed by atoms with Gasteiger partial charge in [-0.3, -0.25) is 14.5 Å². The number of carbonyl (C=O) groups excluding carboxylic acids is 2. The fourth-order valence-corrected chi connectivity index (χ4v) is 3.70. The lowest BCUT2D eigenvalue weighted by molar-refractivity contribution is 0.0652. The lowest BCUT2D eigenvalue weighted by atomic mass is 10.0. The number of fused-ring (bicyclic) bond motifs is 1. The zero-order valence-corrected chi connectivity index (χ0v) is 16.5. The van der Waals surface area contributed by atoms with Gasteiger partial charge in [-0.25, -0.2) is 0 Å². The minimum Gasteiger partial charge on any atom is -0.274 e. The molecule has 4 rings (SSSR count). The van der Waals surface area contributed by atoms with Crippen LogP contribution in [0.1, 0.15) is 49.4 Å². The second kappa shape index (κ2) is 8.63. The van der Waals surface area contributed by atoms with Crippen LogP contribution in [0.4, 0.5) is 0 Å². The number of amides is 2. The SMILES string of the molecule is C#Cc1ccccc1C=Cc1cccc(CCCN2C(=O)c3ccccc3C2=O)c1. The van der Waals surface area contributed by atoms with E-state index in [1.165, 1.54) is 10.5 Å². The van der Waals surface area contributed by atoms with Gasteiger partial charge in [0.25, 0.3) is 11.8 Å². The quantitative estimate of drug-likeness (QED) is 0.334. The highest BCUT2D eigenvalue weighted by Crippen LogP contribution is 2.23. The Bertz CT molecular complexity index is 1150. The van der Waals surface area contributed by atoms with Crippen LogP contribution in [0.15, 0.2) is 72.8 Å². The lowest BCUT2D eigenvalue weighted by Crippen LogP contribution is -2.30. The van der Waals surface area contributed by atoms with E-state index in [0.29, 0.717) is 17.7 Å².